The zero-order valence-corrected chi connectivity index (χ0v) is 14.3. The fourth-order valence-electron chi connectivity index (χ4n) is 2.68. The van der Waals surface area contributed by atoms with E-state index in [0.29, 0.717) is 0 Å². The summed E-state index contributed by atoms with van der Waals surface area (Å²) in [5, 5.41) is 0. The molecule has 0 saturated heterocycles. The van der Waals surface area contributed by atoms with Gasteiger partial charge >= 0.3 is 0 Å². The molecule has 0 fully saturated rings. The molecule has 0 aliphatic carbocycles. The van der Waals surface area contributed by atoms with Gasteiger partial charge in [-0.15, -0.1) is 0 Å². The number of rotatable bonds is 0. The second-order valence-electron chi connectivity index (χ2n) is 7.18. The first-order valence-electron chi connectivity index (χ1n) is 7.17. The molecular formula is C16H34N2. The van der Waals surface area contributed by atoms with Crippen LogP contribution in [0.5, 0.6) is 0 Å². The van der Waals surface area contributed by atoms with Crippen molar-refractivity contribution in [3.63, 3.8) is 0 Å². The average Bonchev–Trinajstić information content (AvgIpc) is 2.15. The minimum Gasteiger partial charge on any atom is -0.364 e. The van der Waals surface area contributed by atoms with Gasteiger partial charge in [0.1, 0.15) is 0 Å². The fourth-order valence-corrected chi connectivity index (χ4v) is 2.68. The molecule has 0 aromatic carbocycles. The first-order chi connectivity index (χ1) is 8.03. The highest BCUT2D eigenvalue weighted by Gasteiger charge is 2.33. The third kappa shape index (κ3) is 4.31. The summed E-state index contributed by atoms with van der Waals surface area (Å²) in [6, 6.07) is 0. The van der Waals surface area contributed by atoms with Gasteiger partial charge in [-0.05, 0) is 18.0 Å². The lowest BCUT2D eigenvalue weighted by Gasteiger charge is -2.45. The zero-order valence-electron chi connectivity index (χ0n) is 14.3. The summed E-state index contributed by atoms with van der Waals surface area (Å²) >= 11 is 0. The Balaban J connectivity index is 0.00000137. The average molecular weight is 254 g/mol. The minimum atomic E-state index is 0.235. The van der Waals surface area contributed by atoms with Crippen LogP contribution < -0.4 is 0 Å². The van der Waals surface area contributed by atoms with Crippen LogP contribution in [-0.2, 0) is 0 Å². The maximum absolute atomic E-state index is 2.41. The minimum absolute atomic E-state index is 0.235. The molecule has 0 radical (unpaired) electrons. The Morgan fingerprint density at radius 2 is 1.28 bits per heavy atom. The lowest BCUT2D eigenvalue weighted by Crippen LogP contribution is -2.45. The van der Waals surface area contributed by atoms with E-state index in [-0.39, 0.29) is 10.8 Å². The lowest BCUT2D eigenvalue weighted by atomic mass is 9.77. The van der Waals surface area contributed by atoms with Crippen molar-refractivity contribution in [2.75, 3.05) is 27.3 Å². The fraction of sp³-hybridized carbons (Fsp3) is 0.875. The summed E-state index contributed by atoms with van der Waals surface area (Å²) in [4.78, 5) is 4.79. The van der Waals surface area contributed by atoms with Gasteiger partial charge in [0, 0.05) is 24.7 Å². The quantitative estimate of drug-likeness (QED) is 0.639. The van der Waals surface area contributed by atoms with E-state index in [4.69, 9.17) is 0 Å². The van der Waals surface area contributed by atoms with Crippen LogP contribution in [0.1, 0.15) is 55.4 Å². The Kier molecular flexibility index (Phi) is 5.93. The van der Waals surface area contributed by atoms with Crippen LogP contribution in [0, 0.1) is 10.8 Å². The molecule has 0 aromatic rings. The van der Waals surface area contributed by atoms with E-state index in [0.717, 1.165) is 13.2 Å². The van der Waals surface area contributed by atoms with E-state index in [2.05, 4.69) is 65.4 Å². The molecule has 0 bridgehead atoms. The molecule has 18 heavy (non-hydrogen) atoms. The van der Waals surface area contributed by atoms with Crippen molar-refractivity contribution >= 4 is 0 Å². The topological polar surface area (TPSA) is 6.48 Å². The zero-order chi connectivity index (χ0) is 14.7. The number of nitrogens with zero attached hydrogens (tertiary/aromatic N) is 2. The summed E-state index contributed by atoms with van der Waals surface area (Å²) in [5.41, 5.74) is 3.60. The summed E-state index contributed by atoms with van der Waals surface area (Å²) in [6.45, 7) is 20.0. The van der Waals surface area contributed by atoms with Crippen LogP contribution in [0.25, 0.3) is 0 Å². The SMILES string of the molecule is CC.CN1CC(C(C)(C)C)=C(C(C)(C)C)N(C)C1. The van der Waals surface area contributed by atoms with Gasteiger partial charge in [0.2, 0.25) is 0 Å². The first-order valence-corrected chi connectivity index (χ1v) is 7.17. The molecule has 0 N–H and O–H groups in total. The van der Waals surface area contributed by atoms with Crippen molar-refractivity contribution in [2.45, 2.75) is 55.4 Å². The predicted octanol–water partition coefficient (Wildman–Crippen LogP) is 4.19. The van der Waals surface area contributed by atoms with Crippen molar-refractivity contribution in [3.8, 4) is 0 Å². The highest BCUT2D eigenvalue weighted by molar-refractivity contribution is 5.27. The van der Waals surface area contributed by atoms with Crippen LogP contribution in [0.4, 0.5) is 0 Å². The van der Waals surface area contributed by atoms with E-state index in [1.807, 2.05) is 13.8 Å². The van der Waals surface area contributed by atoms with Gasteiger partial charge in [-0.25, -0.2) is 0 Å². The van der Waals surface area contributed by atoms with Crippen molar-refractivity contribution in [1.29, 1.82) is 0 Å². The number of hydrogen-bond acceptors (Lipinski definition) is 2. The monoisotopic (exact) mass is 254 g/mol. The van der Waals surface area contributed by atoms with Crippen LogP contribution in [0.2, 0.25) is 0 Å². The molecule has 0 amide bonds. The highest BCUT2D eigenvalue weighted by atomic mass is 15.3. The van der Waals surface area contributed by atoms with Gasteiger partial charge in [-0.3, -0.25) is 4.90 Å². The molecule has 108 valence electrons. The largest absolute Gasteiger partial charge is 0.364 e. The highest BCUT2D eigenvalue weighted by Crippen LogP contribution is 2.40. The van der Waals surface area contributed by atoms with E-state index in [1.54, 1.807) is 5.57 Å². The first kappa shape index (κ1) is 17.5. The van der Waals surface area contributed by atoms with Gasteiger partial charge in [0.05, 0.1) is 6.67 Å². The van der Waals surface area contributed by atoms with E-state index in [9.17, 15) is 0 Å². The van der Waals surface area contributed by atoms with Crippen LogP contribution in [0.3, 0.4) is 0 Å². The van der Waals surface area contributed by atoms with E-state index < -0.39 is 0 Å². The van der Waals surface area contributed by atoms with Crippen molar-refractivity contribution in [1.82, 2.24) is 9.80 Å². The molecule has 0 atom stereocenters. The van der Waals surface area contributed by atoms with E-state index >= 15 is 0 Å². The third-order valence-electron chi connectivity index (χ3n) is 3.16. The molecule has 0 aromatic heterocycles. The molecule has 2 nitrogen and oxygen atoms in total. The maximum atomic E-state index is 2.41. The Hall–Kier alpha value is -0.500. The van der Waals surface area contributed by atoms with Gasteiger partial charge in [-0.1, -0.05) is 55.4 Å². The number of hydrogen-bond donors (Lipinski definition) is 0. The van der Waals surface area contributed by atoms with Crippen LogP contribution in [0.15, 0.2) is 11.3 Å². The lowest BCUT2D eigenvalue weighted by molar-refractivity contribution is 0.152. The Morgan fingerprint density at radius 3 is 1.61 bits per heavy atom. The van der Waals surface area contributed by atoms with Gasteiger partial charge in [0.15, 0.2) is 0 Å². The second-order valence-corrected chi connectivity index (χ2v) is 7.18. The second kappa shape index (κ2) is 6.10. The molecule has 1 rings (SSSR count). The molecule has 0 spiro atoms. The standard InChI is InChI=1S/C14H28N2.C2H6/c1-13(2,3)11-9-15(7)10-16(8)12(11)14(4,5)6;1-2/h9-10H2,1-8H3;1-2H3. The van der Waals surface area contributed by atoms with Gasteiger partial charge in [-0.2, -0.15) is 0 Å². The normalized spacial score (nSPS) is 18.7. The maximum Gasteiger partial charge on any atom is 0.0701 e. The Labute approximate surface area is 115 Å². The predicted molar refractivity (Wildman–Crippen MR) is 82.5 cm³/mol. The summed E-state index contributed by atoms with van der Waals surface area (Å²) < 4.78 is 0. The van der Waals surface area contributed by atoms with Gasteiger partial charge < -0.3 is 4.90 Å². The van der Waals surface area contributed by atoms with E-state index in [1.165, 1.54) is 5.70 Å². The smallest absolute Gasteiger partial charge is 0.0701 e. The van der Waals surface area contributed by atoms with Crippen molar-refractivity contribution in [2.24, 2.45) is 10.8 Å². The molecule has 0 unspecified atom stereocenters. The summed E-state index contributed by atoms with van der Waals surface area (Å²) in [5.74, 6) is 0. The molecule has 0 saturated carbocycles. The molecule has 1 heterocycles. The van der Waals surface area contributed by atoms with Crippen molar-refractivity contribution in [3.05, 3.63) is 11.3 Å². The number of likely N-dealkylation sites (N-methyl/N-ethyl adjacent to an activating group) is 1. The van der Waals surface area contributed by atoms with Crippen LogP contribution >= 0.6 is 0 Å². The molecule has 1 aliphatic rings. The third-order valence-corrected chi connectivity index (χ3v) is 3.16. The Morgan fingerprint density at radius 1 is 0.833 bits per heavy atom. The number of allylic oxidation sites excluding steroid dienone is 1. The molecular weight excluding hydrogens is 220 g/mol. The molecule has 2 heteroatoms. The Bertz CT molecular complexity index is 289. The van der Waals surface area contributed by atoms with Crippen molar-refractivity contribution < 1.29 is 0 Å². The molecule has 1 aliphatic heterocycles. The van der Waals surface area contributed by atoms with Crippen LogP contribution in [-0.4, -0.2) is 37.1 Å². The summed E-state index contributed by atoms with van der Waals surface area (Å²) in [7, 11) is 4.41. The summed E-state index contributed by atoms with van der Waals surface area (Å²) in [6.07, 6.45) is 0. The van der Waals surface area contributed by atoms with Gasteiger partial charge in [0.25, 0.3) is 0 Å².